The molecule has 23 heavy (non-hydrogen) atoms. The lowest BCUT2D eigenvalue weighted by Gasteiger charge is -2.13. The highest BCUT2D eigenvalue weighted by molar-refractivity contribution is 7.99. The summed E-state index contributed by atoms with van der Waals surface area (Å²) in [7, 11) is 0. The molecule has 8 heteroatoms. The van der Waals surface area contributed by atoms with Gasteiger partial charge in [-0.2, -0.15) is 13.2 Å². The van der Waals surface area contributed by atoms with Crippen LogP contribution in [0.2, 0.25) is 0 Å². The summed E-state index contributed by atoms with van der Waals surface area (Å²) in [6.07, 6.45) is -2.52. The van der Waals surface area contributed by atoms with Crippen molar-refractivity contribution < 1.29 is 13.2 Å². The molecule has 1 heterocycles. The maximum Gasteiger partial charge on any atom is 0.416 e. The van der Waals surface area contributed by atoms with Crippen molar-refractivity contribution in [2.24, 2.45) is 0 Å². The zero-order chi connectivity index (χ0) is 17.0. The zero-order valence-electron chi connectivity index (χ0n) is 12.9. The largest absolute Gasteiger partial charge is 0.416 e. The first-order chi connectivity index (χ1) is 10.8. The van der Waals surface area contributed by atoms with Crippen LogP contribution in [0.25, 0.3) is 0 Å². The first-order valence-electron chi connectivity index (χ1n) is 7.32. The Hall–Kier alpha value is -1.70. The van der Waals surface area contributed by atoms with E-state index in [1.165, 1.54) is 23.9 Å². The number of nitrogens with zero attached hydrogens (tertiary/aromatic N) is 2. The Morgan fingerprint density at radius 3 is 2.52 bits per heavy atom. The van der Waals surface area contributed by atoms with E-state index in [1.807, 2.05) is 13.8 Å². The van der Waals surface area contributed by atoms with Crippen LogP contribution < -0.4 is 5.69 Å². The highest BCUT2D eigenvalue weighted by Crippen LogP contribution is 2.35. The minimum Gasteiger partial charge on any atom is -0.270 e. The molecule has 0 radical (unpaired) electrons. The smallest absolute Gasteiger partial charge is 0.270 e. The summed E-state index contributed by atoms with van der Waals surface area (Å²) >= 11 is 1.35. The predicted octanol–water partition coefficient (Wildman–Crippen LogP) is 4.24. The third-order valence-corrected chi connectivity index (χ3v) is 4.60. The summed E-state index contributed by atoms with van der Waals surface area (Å²) in [5.41, 5.74) is -0.181. The van der Waals surface area contributed by atoms with E-state index in [-0.39, 0.29) is 10.9 Å². The normalized spacial score (nSPS) is 13.3. The molecule has 0 aliphatic heterocycles. The van der Waals surface area contributed by atoms with Crippen molar-refractivity contribution in [3.8, 4) is 0 Å². The Morgan fingerprint density at radius 2 is 1.96 bits per heavy atom. The molecule has 1 N–H and O–H groups in total. The molecule has 0 aliphatic rings. The standard InChI is InChI=1S/C15H18F3N3OS/c1-3-4-9-21-13(22)19-20-14(21)23-10(2)11-5-7-12(8-6-11)15(16,17)18/h5-8,10H,3-4,9H2,1-2H3,(H,19,22). The van der Waals surface area contributed by atoms with Gasteiger partial charge in [-0.1, -0.05) is 37.2 Å². The number of rotatable bonds is 6. The van der Waals surface area contributed by atoms with Gasteiger partial charge in [0, 0.05) is 11.8 Å². The predicted molar refractivity (Wildman–Crippen MR) is 83.5 cm³/mol. The quantitative estimate of drug-likeness (QED) is 0.797. The van der Waals surface area contributed by atoms with Crippen LogP contribution in [-0.2, 0) is 12.7 Å². The van der Waals surface area contributed by atoms with Gasteiger partial charge in [-0.25, -0.2) is 9.89 Å². The molecule has 1 unspecified atom stereocenters. The van der Waals surface area contributed by atoms with Crippen LogP contribution in [0.1, 0.15) is 43.1 Å². The lowest BCUT2D eigenvalue weighted by atomic mass is 10.1. The van der Waals surface area contributed by atoms with E-state index < -0.39 is 11.7 Å². The Kier molecular flexibility index (Phi) is 5.56. The summed E-state index contributed by atoms with van der Waals surface area (Å²) in [5, 5.41) is 6.85. The molecule has 126 valence electrons. The van der Waals surface area contributed by atoms with Crippen LogP contribution in [-0.4, -0.2) is 14.8 Å². The summed E-state index contributed by atoms with van der Waals surface area (Å²) in [6.45, 7) is 4.48. The lowest BCUT2D eigenvalue weighted by Crippen LogP contribution is -2.17. The highest BCUT2D eigenvalue weighted by atomic mass is 32.2. The zero-order valence-corrected chi connectivity index (χ0v) is 13.7. The number of aromatic nitrogens is 3. The van der Waals surface area contributed by atoms with Gasteiger partial charge in [-0.15, -0.1) is 5.10 Å². The molecule has 0 fully saturated rings. The van der Waals surface area contributed by atoms with Gasteiger partial charge in [0.1, 0.15) is 0 Å². The maximum absolute atomic E-state index is 12.6. The van der Waals surface area contributed by atoms with Crippen LogP contribution in [0.3, 0.4) is 0 Å². The van der Waals surface area contributed by atoms with Gasteiger partial charge in [0.2, 0.25) is 0 Å². The minimum atomic E-state index is -4.34. The Bertz CT molecular complexity index is 691. The number of aromatic amines is 1. The number of nitrogens with one attached hydrogen (secondary N) is 1. The molecule has 0 spiro atoms. The Morgan fingerprint density at radius 1 is 1.30 bits per heavy atom. The van der Waals surface area contributed by atoms with Crippen molar-refractivity contribution in [2.75, 3.05) is 0 Å². The number of unbranched alkanes of at least 4 members (excludes halogenated alkanes) is 1. The first-order valence-corrected chi connectivity index (χ1v) is 8.20. The van der Waals surface area contributed by atoms with Crippen LogP contribution >= 0.6 is 11.8 Å². The third kappa shape index (κ3) is 4.40. The van der Waals surface area contributed by atoms with Gasteiger partial charge in [0.25, 0.3) is 0 Å². The monoisotopic (exact) mass is 345 g/mol. The molecule has 0 aliphatic carbocycles. The van der Waals surface area contributed by atoms with Gasteiger partial charge in [0.05, 0.1) is 5.56 Å². The molecule has 2 rings (SSSR count). The van der Waals surface area contributed by atoms with Gasteiger partial charge in [-0.05, 0) is 31.0 Å². The molecule has 2 aromatic rings. The van der Waals surface area contributed by atoms with E-state index in [9.17, 15) is 18.0 Å². The first kappa shape index (κ1) is 17.7. The van der Waals surface area contributed by atoms with Crippen molar-refractivity contribution in [1.29, 1.82) is 0 Å². The average Bonchev–Trinajstić information content (AvgIpc) is 2.84. The number of hydrogen-bond donors (Lipinski definition) is 1. The molecule has 1 atom stereocenters. The van der Waals surface area contributed by atoms with E-state index in [1.54, 1.807) is 4.57 Å². The van der Waals surface area contributed by atoms with Gasteiger partial charge >= 0.3 is 11.9 Å². The molecular weight excluding hydrogens is 327 g/mol. The summed E-state index contributed by atoms with van der Waals surface area (Å²) in [6, 6.07) is 5.06. The molecule has 0 saturated carbocycles. The number of alkyl halides is 3. The second-order valence-corrected chi connectivity index (χ2v) is 6.50. The topological polar surface area (TPSA) is 50.7 Å². The fourth-order valence-corrected chi connectivity index (χ4v) is 3.09. The molecule has 1 aromatic carbocycles. The number of halogens is 3. The van der Waals surface area contributed by atoms with E-state index in [2.05, 4.69) is 10.2 Å². The van der Waals surface area contributed by atoms with Gasteiger partial charge in [-0.3, -0.25) is 4.57 Å². The van der Waals surface area contributed by atoms with Crippen molar-refractivity contribution in [2.45, 2.75) is 49.8 Å². The SMILES string of the molecule is CCCCn1c(SC(C)c2ccc(C(F)(F)F)cc2)n[nH]c1=O. The van der Waals surface area contributed by atoms with Crippen molar-refractivity contribution in [3.63, 3.8) is 0 Å². The molecule has 0 amide bonds. The van der Waals surface area contributed by atoms with Crippen LogP contribution in [0.4, 0.5) is 13.2 Å². The fraction of sp³-hybridized carbons (Fsp3) is 0.467. The minimum absolute atomic E-state index is 0.118. The van der Waals surface area contributed by atoms with Crippen molar-refractivity contribution in [3.05, 3.63) is 45.9 Å². The van der Waals surface area contributed by atoms with Crippen molar-refractivity contribution in [1.82, 2.24) is 14.8 Å². The lowest BCUT2D eigenvalue weighted by molar-refractivity contribution is -0.137. The highest BCUT2D eigenvalue weighted by Gasteiger charge is 2.30. The van der Waals surface area contributed by atoms with Gasteiger partial charge in [0.15, 0.2) is 5.16 Å². The van der Waals surface area contributed by atoms with E-state index in [0.29, 0.717) is 11.7 Å². The number of hydrogen-bond acceptors (Lipinski definition) is 3. The van der Waals surface area contributed by atoms with Crippen LogP contribution in [0.5, 0.6) is 0 Å². The Balaban J connectivity index is 2.13. The summed E-state index contributed by atoms with van der Waals surface area (Å²) in [4.78, 5) is 11.7. The molecule has 0 bridgehead atoms. The van der Waals surface area contributed by atoms with E-state index in [0.717, 1.165) is 30.5 Å². The second-order valence-electron chi connectivity index (χ2n) is 5.20. The summed E-state index contributed by atoms with van der Waals surface area (Å²) < 4.78 is 39.3. The molecule has 0 saturated heterocycles. The molecular formula is C15H18F3N3OS. The molecule has 1 aromatic heterocycles. The fourth-order valence-electron chi connectivity index (χ4n) is 2.08. The average molecular weight is 345 g/mol. The van der Waals surface area contributed by atoms with Crippen LogP contribution in [0.15, 0.2) is 34.2 Å². The second kappa shape index (κ2) is 7.25. The summed E-state index contributed by atoms with van der Waals surface area (Å²) in [5.74, 6) is 0. The van der Waals surface area contributed by atoms with Crippen molar-refractivity contribution >= 4 is 11.8 Å². The van der Waals surface area contributed by atoms with Gasteiger partial charge < -0.3 is 0 Å². The number of H-pyrrole nitrogens is 1. The molecule has 4 nitrogen and oxygen atoms in total. The third-order valence-electron chi connectivity index (χ3n) is 3.45. The number of benzene rings is 1. The van der Waals surface area contributed by atoms with Crippen LogP contribution in [0, 0.1) is 0 Å². The number of thioether (sulfide) groups is 1. The maximum atomic E-state index is 12.6. The van der Waals surface area contributed by atoms with E-state index >= 15 is 0 Å². The van der Waals surface area contributed by atoms with E-state index in [4.69, 9.17) is 0 Å². The Labute approximate surface area is 136 Å².